The van der Waals surface area contributed by atoms with E-state index in [4.69, 9.17) is 0 Å². The predicted molar refractivity (Wildman–Crippen MR) is 176 cm³/mol. The molecule has 13 heteroatoms. The molecule has 240 valence electrons. The minimum absolute atomic E-state index is 0.0967. The number of nitrogens with one attached hydrogen (secondary N) is 3. The van der Waals surface area contributed by atoms with Crippen LogP contribution in [0.25, 0.3) is 21.1 Å². The summed E-state index contributed by atoms with van der Waals surface area (Å²) in [5.41, 5.74) is 4.85. The molecule has 1 fully saturated rings. The average molecular weight is 649 g/mol. The summed E-state index contributed by atoms with van der Waals surface area (Å²) in [4.78, 5) is 26.3. The van der Waals surface area contributed by atoms with Crippen molar-refractivity contribution in [3.63, 3.8) is 0 Å². The van der Waals surface area contributed by atoms with Gasteiger partial charge in [-0.2, -0.15) is 23.4 Å². The number of pyridine rings is 1. The number of thiophene rings is 1. The third-order valence-electron chi connectivity index (χ3n) is 8.78. The normalized spacial score (nSPS) is 15.3. The first kappa shape index (κ1) is 31.6. The topological polar surface area (TPSA) is 115 Å². The number of halogens is 3. The van der Waals surface area contributed by atoms with Gasteiger partial charge in [-0.1, -0.05) is 19.1 Å². The summed E-state index contributed by atoms with van der Waals surface area (Å²) < 4.78 is 41.2. The molecule has 0 radical (unpaired) electrons. The number of anilines is 2. The lowest BCUT2D eigenvalue weighted by atomic mass is 10.0. The summed E-state index contributed by atoms with van der Waals surface area (Å²) in [5, 5.41) is 18.0. The molecule has 1 aliphatic heterocycles. The summed E-state index contributed by atoms with van der Waals surface area (Å²) in [6.07, 6.45) is -1.81. The van der Waals surface area contributed by atoms with Gasteiger partial charge in [-0.25, -0.2) is 4.98 Å². The van der Waals surface area contributed by atoms with Crippen molar-refractivity contribution in [2.75, 3.05) is 30.8 Å². The molecule has 0 amide bonds. The molecule has 3 N–H and O–H groups in total. The van der Waals surface area contributed by atoms with Crippen LogP contribution in [-0.4, -0.2) is 56.8 Å². The van der Waals surface area contributed by atoms with Crippen molar-refractivity contribution >= 4 is 44.2 Å². The second kappa shape index (κ2) is 12.8. The van der Waals surface area contributed by atoms with Crippen LogP contribution in [0, 0.1) is 18.3 Å². The highest BCUT2D eigenvalue weighted by Gasteiger charge is 2.29. The highest BCUT2D eigenvalue weighted by Crippen LogP contribution is 2.35. The number of hydrogen-bond donors (Lipinski definition) is 3. The van der Waals surface area contributed by atoms with E-state index < -0.39 is 12.6 Å². The molecule has 1 saturated heterocycles. The van der Waals surface area contributed by atoms with Crippen LogP contribution in [0.1, 0.15) is 52.9 Å². The fourth-order valence-corrected chi connectivity index (χ4v) is 7.30. The van der Waals surface area contributed by atoms with Gasteiger partial charge in [0.1, 0.15) is 22.4 Å². The lowest BCUT2D eigenvalue weighted by Gasteiger charge is -2.33. The van der Waals surface area contributed by atoms with Gasteiger partial charge in [0.05, 0.1) is 11.8 Å². The van der Waals surface area contributed by atoms with Crippen LogP contribution in [-0.2, 0) is 19.5 Å². The monoisotopic (exact) mass is 648 g/mol. The number of nitriles is 1. The number of piperidine rings is 1. The molecule has 9 nitrogen and oxygen atoms in total. The molecular weight excluding hydrogens is 613 g/mol. The van der Waals surface area contributed by atoms with E-state index in [9.17, 15) is 23.2 Å². The van der Waals surface area contributed by atoms with Gasteiger partial charge in [0.15, 0.2) is 0 Å². The first-order chi connectivity index (χ1) is 22.0. The number of aromatic amines is 1. The first-order valence-corrected chi connectivity index (χ1v) is 16.1. The Morgan fingerprint density at radius 3 is 2.61 bits per heavy atom. The first-order valence-electron chi connectivity index (χ1n) is 15.3. The highest BCUT2D eigenvalue weighted by molar-refractivity contribution is 7.18. The number of alkyl halides is 3. The molecule has 1 unspecified atom stereocenters. The fraction of sp³-hybridized carbons (Fsp3) is 0.394. The van der Waals surface area contributed by atoms with E-state index in [0.29, 0.717) is 34.2 Å². The Hall–Kier alpha value is -4.41. The van der Waals surface area contributed by atoms with Gasteiger partial charge in [0.2, 0.25) is 11.5 Å². The van der Waals surface area contributed by atoms with Gasteiger partial charge in [-0.05, 0) is 54.7 Å². The van der Waals surface area contributed by atoms with Gasteiger partial charge in [-0.15, -0.1) is 11.3 Å². The second-order valence-corrected chi connectivity index (χ2v) is 13.1. The summed E-state index contributed by atoms with van der Waals surface area (Å²) in [7, 11) is 1.69. The molecule has 5 aromatic rings. The smallest absolute Gasteiger partial charge is 0.367 e. The summed E-state index contributed by atoms with van der Waals surface area (Å²) in [6, 6.07) is 13.6. The van der Waals surface area contributed by atoms with Crippen LogP contribution in [0.3, 0.4) is 0 Å². The van der Waals surface area contributed by atoms with Crippen LogP contribution in [0.15, 0.2) is 47.4 Å². The molecule has 0 aliphatic carbocycles. The van der Waals surface area contributed by atoms with E-state index in [-0.39, 0.29) is 22.4 Å². The van der Waals surface area contributed by atoms with Gasteiger partial charge in [0, 0.05) is 73.2 Å². The third kappa shape index (κ3) is 6.73. The Morgan fingerprint density at radius 2 is 1.93 bits per heavy atom. The van der Waals surface area contributed by atoms with Crippen LogP contribution in [0.5, 0.6) is 0 Å². The zero-order valence-electron chi connectivity index (χ0n) is 25.8. The minimum atomic E-state index is -4.28. The van der Waals surface area contributed by atoms with Crippen LogP contribution in [0.4, 0.5) is 24.9 Å². The SMILES string of the molecule is CNc1nc(NC2CCN(Cc3ccc4c(cc(C#N)n4CC(C)c4ccc(=O)[nH]c4)c3C)CC2)c2cc(CC(F)(F)F)sc2n1. The summed E-state index contributed by atoms with van der Waals surface area (Å²) in [6.45, 7) is 7.29. The number of rotatable bonds is 9. The van der Waals surface area contributed by atoms with Crippen molar-refractivity contribution in [1.29, 1.82) is 5.26 Å². The van der Waals surface area contributed by atoms with E-state index in [2.05, 4.69) is 67.1 Å². The lowest BCUT2D eigenvalue weighted by Crippen LogP contribution is -2.39. The number of nitrogens with zero attached hydrogens (tertiary/aromatic N) is 5. The molecule has 1 atom stereocenters. The maximum atomic E-state index is 13.0. The number of aromatic nitrogens is 4. The maximum Gasteiger partial charge on any atom is 0.393 e. The zero-order valence-corrected chi connectivity index (χ0v) is 26.6. The molecule has 6 rings (SSSR count). The number of fused-ring (bicyclic) bond motifs is 2. The molecule has 1 aromatic carbocycles. The molecule has 0 spiro atoms. The van der Waals surface area contributed by atoms with Crippen molar-refractivity contribution in [1.82, 2.24) is 24.4 Å². The van der Waals surface area contributed by atoms with Crippen LogP contribution in [0.2, 0.25) is 0 Å². The molecule has 0 saturated carbocycles. The predicted octanol–water partition coefficient (Wildman–Crippen LogP) is 6.54. The minimum Gasteiger partial charge on any atom is -0.367 e. The Balaban J connectivity index is 1.13. The van der Waals surface area contributed by atoms with E-state index >= 15 is 0 Å². The van der Waals surface area contributed by atoms with Gasteiger partial charge < -0.3 is 20.2 Å². The fourth-order valence-electron chi connectivity index (χ4n) is 6.24. The standard InChI is InChI=1S/C33H35F3N8OS/c1-19(21-5-7-29(45)39-16-21)17-44-24(15-37)12-26-20(2)22(4-6-28(26)44)18-43-10-8-23(9-11-43)40-30-27-13-25(14-33(34,35)36)46-31(27)42-32(38-3)41-30/h4-7,12-13,16,19,23H,8-11,14,17-18H2,1-3H3,(H,39,45)(H2,38,40,41,42). The maximum absolute atomic E-state index is 13.0. The molecule has 5 heterocycles. The number of hydrogen-bond acceptors (Lipinski definition) is 8. The van der Waals surface area contributed by atoms with Crippen LogP contribution < -0.4 is 16.2 Å². The Kier molecular flexibility index (Phi) is 8.76. The summed E-state index contributed by atoms with van der Waals surface area (Å²) >= 11 is 1.05. The number of H-pyrrole nitrogens is 1. The molecule has 0 bridgehead atoms. The van der Waals surface area contributed by atoms with E-state index in [1.165, 1.54) is 11.6 Å². The Morgan fingerprint density at radius 1 is 1.15 bits per heavy atom. The summed E-state index contributed by atoms with van der Waals surface area (Å²) in [5.74, 6) is 1.03. The highest BCUT2D eigenvalue weighted by atomic mass is 32.1. The van der Waals surface area contributed by atoms with Gasteiger partial charge in [-0.3, -0.25) is 9.69 Å². The number of likely N-dealkylation sites (tertiary alicyclic amines) is 1. The lowest BCUT2D eigenvalue weighted by molar-refractivity contribution is -0.126. The molecular formula is C33H35F3N8OS. The average Bonchev–Trinajstić information content (AvgIpc) is 3.59. The van der Waals surface area contributed by atoms with Gasteiger partial charge >= 0.3 is 6.18 Å². The molecule has 46 heavy (non-hydrogen) atoms. The molecule has 4 aromatic heterocycles. The van der Waals surface area contributed by atoms with Crippen LogP contribution >= 0.6 is 11.3 Å². The van der Waals surface area contributed by atoms with E-state index in [1.807, 2.05) is 12.1 Å². The van der Waals surface area contributed by atoms with Crippen molar-refractivity contribution in [2.24, 2.45) is 0 Å². The van der Waals surface area contributed by atoms with Crippen molar-refractivity contribution < 1.29 is 13.2 Å². The van der Waals surface area contributed by atoms with Crippen molar-refractivity contribution in [3.8, 4) is 6.07 Å². The number of benzene rings is 1. The third-order valence-corrected chi connectivity index (χ3v) is 9.81. The van der Waals surface area contributed by atoms with E-state index in [0.717, 1.165) is 65.8 Å². The Bertz CT molecular complexity index is 1960. The zero-order chi connectivity index (χ0) is 32.6. The van der Waals surface area contributed by atoms with Crippen molar-refractivity contribution in [3.05, 3.63) is 80.2 Å². The largest absolute Gasteiger partial charge is 0.393 e. The second-order valence-electron chi connectivity index (χ2n) is 12.0. The number of aryl methyl sites for hydroxylation is 1. The Labute approximate surface area is 268 Å². The van der Waals surface area contributed by atoms with Gasteiger partial charge in [0.25, 0.3) is 0 Å². The molecule has 1 aliphatic rings. The quantitative estimate of drug-likeness (QED) is 0.166. The van der Waals surface area contributed by atoms with E-state index in [1.54, 1.807) is 19.3 Å². The van der Waals surface area contributed by atoms with Crippen molar-refractivity contribution in [2.45, 2.75) is 64.3 Å².